The fraction of sp³-hybridized carbons (Fsp3) is 0.394. The third kappa shape index (κ3) is 8.61. The molecule has 2 N–H and O–H groups in total. The molecule has 3 aromatic carbocycles. The summed E-state index contributed by atoms with van der Waals surface area (Å²) in [6.45, 7) is 4.10. The Bertz CT molecular complexity index is 1990. The third-order valence-electron chi connectivity index (χ3n) is 8.64. The van der Waals surface area contributed by atoms with Crippen molar-refractivity contribution >= 4 is 37.6 Å². The Hall–Kier alpha value is -4.30. The molecule has 51 heavy (non-hydrogen) atoms. The number of morpholine rings is 2. The number of nitrogens with one attached hydrogen (secondary N) is 1. The van der Waals surface area contributed by atoms with Crippen LogP contribution in [0.3, 0.4) is 0 Å². The zero-order valence-electron chi connectivity index (χ0n) is 27.9. The number of benzene rings is 3. The Morgan fingerprint density at radius 1 is 0.824 bits per heavy atom. The zero-order valence-corrected chi connectivity index (χ0v) is 29.5. The number of nitrogens with zero attached hydrogens (tertiary/aromatic N) is 3. The summed E-state index contributed by atoms with van der Waals surface area (Å²) in [5.41, 5.74) is 0.658. The highest BCUT2D eigenvalue weighted by Crippen LogP contribution is 2.25. The van der Waals surface area contributed by atoms with Crippen LogP contribution in [0.25, 0.3) is 0 Å². The predicted molar refractivity (Wildman–Crippen MR) is 181 cm³/mol. The molecule has 5 rings (SSSR count). The van der Waals surface area contributed by atoms with Crippen molar-refractivity contribution < 1.29 is 50.7 Å². The van der Waals surface area contributed by atoms with Crippen molar-refractivity contribution in [3.63, 3.8) is 0 Å². The van der Waals surface area contributed by atoms with Gasteiger partial charge in [-0.2, -0.15) is 8.61 Å². The number of nitro groups is 1. The van der Waals surface area contributed by atoms with E-state index in [1.165, 1.54) is 57.1 Å². The molecule has 0 spiro atoms. The molecule has 2 atom stereocenters. The summed E-state index contributed by atoms with van der Waals surface area (Å²) in [5, 5.41) is 25.2. The van der Waals surface area contributed by atoms with E-state index in [9.17, 15) is 41.6 Å². The molecule has 0 saturated carbocycles. The number of carbonyl (C=O) groups is 2. The maximum absolute atomic E-state index is 13.7. The smallest absolute Gasteiger partial charge is 0.338 e. The van der Waals surface area contributed by atoms with Crippen LogP contribution in [-0.2, 0) is 34.3 Å². The number of amides is 1. The maximum Gasteiger partial charge on any atom is 0.338 e. The third-order valence-corrected chi connectivity index (χ3v) is 12.4. The fourth-order valence-electron chi connectivity index (χ4n) is 5.59. The lowest BCUT2D eigenvalue weighted by atomic mass is 10.0. The molecule has 2 heterocycles. The molecule has 2 fully saturated rings. The van der Waals surface area contributed by atoms with E-state index in [4.69, 9.17) is 14.2 Å². The van der Waals surface area contributed by atoms with Crippen LogP contribution in [0.5, 0.6) is 0 Å². The van der Waals surface area contributed by atoms with Gasteiger partial charge in [0.05, 0.1) is 52.7 Å². The number of nitro benzene ring substituents is 1. The molecule has 0 aliphatic carbocycles. The van der Waals surface area contributed by atoms with Gasteiger partial charge in [0, 0.05) is 43.9 Å². The predicted octanol–water partition coefficient (Wildman–Crippen LogP) is 1.94. The largest absolute Gasteiger partial charge is 0.460 e. The molecule has 2 aliphatic heterocycles. The number of esters is 1. The van der Waals surface area contributed by atoms with Gasteiger partial charge >= 0.3 is 5.97 Å². The number of carbonyl (C=O) groups excluding carboxylic acids is 2. The molecule has 2 aliphatic rings. The van der Waals surface area contributed by atoms with Gasteiger partial charge < -0.3 is 24.6 Å². The van der Waals surface area contributed by atoms with E-state index in [1.807, 2.05) is 0 Å². The number of sulfonamides is 2. The number of aryl methyl sites for hydroxylation is 2. The lowest BCUT2D eigenvalue weighted by Gasteiger charge is -2.27. The Balaban J connectivity index is 1.40. The summed E-state index contributed by atoms with van der Waals surface area (Å²) in [4.78, 5) is 37.5. The van der Waals surface area contributed by atoms with Gasteiger partial charge in [-0.15, -0.1) is 0 Å². The number of aliphatic hydroxyl groups is 1. The zero-order chi connectivity index (χ0) is 36.9. The second-order valence-corrected chi connectivity index (χ2v) is 15.8. The van der Waals surface area contributed by atoms with Crippen molar-refractivity contribution in [3.8, 4) is 0 Å². The number of non-ortho nitro benzene ring substituents is 1. The maximum atomic E-state index is 13.7. The average Bonchev–Trinajstić information content (AvgIpc) is 3.13. The number of aliphatic hydroxyl groups excluding tert-OH is 1. The number of ether oxygens (including phenoxy) is 3. The lowest BCUT2D eigenvalue weighted by molar-refractivity contribution is -0.384. The Morgan fingerprint density at radius 3 is 1.78 bits per heavy atom. The van der Waals surface area contributed by atoms with Crippen molar-refractivity contribution in [1.29, 1.82) is 0 Å². The molecule has 2 saturated heterocycles. The molecule has 0 unspecified atom stereocenters. The first-order valence-electron chi connectivity index (χ1n) is 16.0. The summed E-state index contributed by atoms with van der Waals surface area (Å²) in [5.74, 6) is -1.72. The molecule has 0 radical (unpaired) electrons. The molecule has 0 aromatic heterocycles. The Labute approximate surface area is 295 Å². The highest BCUT2D eigenvalue weighted by molar-refractivity contribution is 7.89. The number of hydrogen-bond donors (Lipinski definition) is 2. The van der Waals surface area contributed by atoms with Gasteiger partial charge in [-0.25, -0.2) is 21.6 Å². The first-order chi connectivity index (χ1) is 24.2. The van der Waals surface area contributed by atoms with E-state index in [0.29, 0.717) is 11.1 Å². The minimum atomic E-state index is -3.96. The standard InChI is InChI=1S/C33H38N4O12S2/c1-22-3-9-26(50(43,44)35-11-15-47-16-12-35)19-28(22)32(39)34-30(31(38)24-5-7-25(8-6-24)37(41)42)21-49-33(40)29-20-27(10-4-23(29)2)51(45,46)36-13-17-48-18-14-36/h3-10,19-20,30-31,38H,11-18,21H2,1-2H3,(H,34,39)/t30-,31+/m0/s1. The molecule has 0 bridgehead atoms. The summed E-state index contributed by atoms with van der Waals surface area (Å²) in [7, 11) is -7.91. The molecule has 18 heteroatoms. The van der Waals surface area contributed by atoms with Crippen LogP contribution in [-0.4, -0.2) is 113 Å². The minimum Gasteiger partial charge on any atom is -0.460 e. The van der Waals surface area contributed by atoms with Gasteiger partial charge in [-0.05, 0) is 66.9 Å². The summed E-state index contributed by atoms with van der Waals surface area (Å²) in [6, 6.07) is 11.7. The van der Waals surface area contributed by atoms with Crippen molar-refractivity contribution in [2.24, 2.45) is 0 Å². The number of rotatable bonds is 12. The van der Waals surface area contributed by atoms with E-state index in [1.54, 1.807) is 13.8 Å². The van der Waals surface area contributed by atoms with Crippen molar-refractivity contribution in [2.45, 2.75) is 35.8 Å². The van der Waals surface area contributed by atoms with Crippen LogP contribution in [0.4, 0.5) is 5.69 Å². The Kier molecular flexibility index (Phi) is 11.9. The second kappa shape index (κ2) is 15.9. The summed E-state index contributed by atoms with van der Waals surface area (Å²) in [6.07, 6.45) is -1.56. The van der Waals surface area contributed by atoms with Crippen LogP contribution in [0.2, 0.25) is 0 Å². The Morgan fingerprint density at radius 2 is 1.29 bits per heavy atom. The van der Waals surface area contributed by atoms with E-state index >= 15 is 0 Å². The van der Waals surface area contributed by atoms with E-state index in [2.05, 4.69) is 5.32 Å². The quantitative estimate of drug-likeness (QED) is 0.155. The summed E-state index contributed by atoms with van der Waals surface area (Å²) < 4.78 is 71.7. The van der Waals surface area contributed by atoms with Gasteiger partial charge in [0.1, 0.15) is 12.7 Å². The highest BCUT2D eigenvalue weighted by Gasteiger charge is 2.31. The van der Waals surface area contributed by atoms with Gasteiger partial charge in [0.25, 0.3) is 11.6 Å². The van der Waals surface area contributed by atoms with Crippen LogP contribution < -0.4 is 5.32 Å². The first kappa shape index (κ1) is 37.9. The van der Waals surface area contributed by atoms with Crippen LogP contribution in [0, 0.1) is 24.0 Å². The number of hydrogen-bond acceptors (Lipinski definition) is 12. The fourth-order valence-corrected chi connectivity index (χ4v) is 8.46. The minimum absolute atomic E-state index is 0.0200. The van der Waals surface area contributed by atoms with Crippen LogP contribution >= 0.6 is 0 Å². The molecular formula is C33H38N4O12S2. The van der Waals surface area contributed by atoms with E-state index in [0.717, 1.165) is 12.1 Å². The van der Waals surface area contributed by atoms with Crippen LogP contribution in [0.1, 0.15) is 43.5 Å². The molecule has 1 amide bonds. The van der Waals surface area contributed by atoms with Crippen LogP contribution in [0.15, 0.2) is 70.5 Å². The molecule has 16 nitrogen and oxygen atoms in total. The normalized spacial score (nSPS) is 17.3. The lowest BCUT2D eigenvalue weighted by Crippen LogP contribution is -2.43. The topological polar surface area (TPSA) is 212 Å². The van der Waals surface area contributed by atoms with E-state index in [-0.39, 0.29) is 84.8 Å². The molecule has 3 aromatic rings. The highest BCUT2D eigenvalue weighted by atomic mass is 32.2. The molecule has 274 valence electrons. The van der Waals surface area contributed by atoms with Gasteiger partial charge in [0.15, 0.2) is 0 Å². The van der Waals surface area contributed by atoms with Crippen molar-refractivity contribution in [2.75, 3.05) is 59.2 Å². The van der Waals surface area contributed by atoms with Crippen molar-refractivity contribution in [1.82, 2.24) is 13.9 Å². The molecular weight excluding hydrogens is 709 g/mol. The van der Waals surface area contributed by atoms with Gasteiger partial charge in [-0.3, -0.25) is 14.9 Å². The average molecular weight is 747 g/mol. The monoisotopic (exact) mass is 746 g/mol. The summed E-state index contributed by atoms with van der Waals surface area (Å²) >= 11 is 0. The SMILES string of the molecule is Cc1ccc(S(=O)(=O)N2CCOCC2)cc1C(=O)N[C@@H](COC(=O)c1cc(S(=O)(=O)N2CCOCC2)ccc1C)[C@H](O)c1ccc([N+](=O)[O-])cc1. The first-order valence-corrected chi connectivity index (χ1v) is 18.9. The van der Waals surface area contributed by atoms with Gasteiger partial charge in [0.2, 0.25) is 20.0 Å². The van der Waals surface area contributed by atoms with Gasteiger partial charge in [-0.1, -0.05) is 12.1 Å². The second-order valence-electron chi connectivity index (χ2n) is 12.0. The van der Waals surface area contributed by atoms with Crippen molar-refractivity contribution in [3.05, 3.63) is 98.6 Å². The van der Waals surface area contributed by atoms with E-state index < -0.39 is 55.6 Å².